The zero-order valence-electron chi connectivity index (χ0n) is 17.9. The quantitative estimate of drug-likeness (QED) is 0.129. The average Bonchev–Trinajstić information content (AvgIpc) is 2.90. The maximum Gasteiger partial charge on any atom is 0.0986 e. The summed E-state index contributed by atoms with van der Waals surface area (Å²) in [7, 11) is 0. The van der Waals surface area contributed by atoms with Gasteiger partial charge < -0.3 is 4.74 Å². The van der Waals surface area contributed by atoms with Gasteiger partial charge in [-0.15, -0.1) is 0 Å². The van der Waals surface area contributed by atoms with Gasteiger partial charge in [-0.1, -0.05) is 168 Å². The topological polar surface area (TPSA) is 9.23 Å². The van der Waals surface area contributed by atoms with Crippen LogP contribution in [0, 0.1) is 0 Å². The predicted octanol–water partition coefficient (Wildman–Crippen LogP) is 6.48. The molecule has 0 aliphatic rings. The van der Waals surface area contributed by atoms with E-state index in [2.05, 4.69) is 97.1 Å². The van der Waals surface area contributed by atoms with Gasteiger partial charge in [0.25, 0.3) is 0 Å². The molecule has 0 heterocycles. The SMILES string of the molecule is S=P(SCOCSP(=S)(c1ccccc1)c1ccccc1)(c1ccccc1)c1ccccc1. The van der Waals surface area contributed by atoms with Crippen molar-refractivity contribution in [1.82, 2.24) is 0 Å². The second-order valence-electron chi connectivity index (χ2n) is 7.14. The minimum absolute atomic E-state index is 0.535. The summed E-state index contributed by atoms with van der Waals surface area (Å²) >= 11 is 16.1. The molecule has 4 rings (SSSR count). The molecule has 0 fully saturated rings. The van der Waals surface area contributed by atoms with Crippen LogP contribution in [0.1, 0.15) is 0 Å². The predicted molar refractivity (Wildman–Crippen MR) is 159 cm³/mol. The Balaban J connectivity index is 1.47. The molecule has 0 unspecified atom stereocenters. The molecular weight excluding hydrogens is 519 g/mol. The summed E-state index contributed by atoms with van der Waals surface area (Å²) in [5.74, 6) is 1.07. The zero-order valence-corrected chi connectivity index (χ0v) is 23.0. The highest BCUT2D eigenvalue weighted by Crippen LogP contribution is 2.58. The average molecular weight is 543 g/mol. The minimum Gasteiger partial charge on any atom is -0.359 e. The van der Waals surface area contributed by atoms with E-state index in [1.807, 2.05) is 24.3 Å². The Labute approximate surface area is 214 Å². The maximum absolute atomic E-state index is 6.28. The van der Waals surface area contributed by atoms with Crippen LogP contribution in [0.4, 0.5) is 0 Å². The molecule has 0 spiro atoms. The lowest BCUT2D eigenvalue weighted by Crippen LogP contribution is -2.14. The van der Waals surface area contributed by atoms with Gasteiger partial charge in [-0.25, -0.2) is 0 Å². The minimum atomic E-state index is -2.02. The summed E-state index contributed by atoms with van der Waals surface area (Å²) in [6.45, 7) is 0. The first-order valence-corrected chi connectivity index (χ1v) is 19.2. The fraction of sp³-hybridized carbons (Fsp3) is 0.0769. The van der Waals surface area contributed by atoms with Crippen LogP contribution in [0.3, 0.4) is 0 Å². The molecule has 0 aromatic heterocycles. The van der Waals surface area contributed by atoms with Gasteiger partial charge in [0.2, 0.25) is 0 Å². The van der Waals surface area contributed by atoms with Crippen molar-refractivity contribution in [3.8, 4) is 0 Å². The Hall–Kier alpha value is -1.16. The van der Waals surface area contributed by atoms with Crippen molar-refractivity contribution in [2.45, 2.75) is 0 Å². The highest BCUT2D eigenvalue weighted by molar-refractivity contribution is 8.75. The van der Waals surface area contributed by atoms with E-state index in [-0.39, 0.29) is 0 Å². The molecule has 0 amide bonds. The van der Waals surface area contributed by atoms with Crippen LogP contribution in [0.15, 0.2) is 121 Å². The van der Waals surface area contributed by atoms with E-state index >= 15 is 0 Å². The maximum atomic E-state index is 6.28. The monoisotopic (exact) mass is 542 g/mol. The molecule has 7 heteroatoms. The molecule has 4 aromatic rings. The van der Waals surface area contributed by atoms with Gasteiger partial charge in [0.1, 0.15) is 0 Å². The summed E-state index contributed by atoms with van der Waals surface area (Å²) in [5, 5.41) is 0.756. The molecular formula is C26H24OP2S4. The van der Waals surface area contributed by atoms with E-state index in [1.54, 1.807) is 22.8 Å². The summed E-state index contributed by atoms with van der Waals surface area (Å²) in [5.41, 5.74) is 0. The van der Waals surface area contributed by atoms with Gasteiger partial charge in [0.05, 0.1) is 22.4 Å². The number of ether oxygens (including phenoxy) is 1. The third-order valence-corrected chi connectivity index (χ3v) is 20.0. The normalized spacial score (nSPS) is 11.9. The van der Waals surface area contributed by atoms with Gasteiger partial charge in [-0.2, -0.15) is 0 Å². The first-order chi connectivity index (χ1) is 16.1. The van der Waals surface area contributed by atoms with Crippen LogP contribution in [-0.2, 0) is 28.4 Å². The van der Waals surface area contributed by atoms with Gasteiger partial charge in [0, 0.05) is 0 Å². The fourth-order valence-electron chi connectivity index (χ4n) is 3.35. The number of hydrogen-bond acceptors (Lipinski definition) is 5. The molecule has 168 valence electrons. The van der Waals surface area contributed by atoms with Crippen LogP contribution >= 0.6 is 33.2 Å². The molecule has 0 atom stereocenters. The van der Waals surface area contributed by atoms with Gasteiger partial charge >= 0.3 is 0 Å². The summed E-state index contributed by atoms with van der Waals surface area (Å²) in [6.07, 6.45) is 0. The van der Waals surface area contributed by atoms with E-state index < -0.39 is 10.5 Å². The Morgan fingerprint density at radius 1 is 0.455 bits per heavy atom. The highest BCUT2D eigenvalue weighted by Gasteiger charge is 2.25. The van der Waals surface area contributed by atoms with E-state index in [0.29, 0.717) is 11.9 Å². The largest absolute Gasteiger partial charge is 0.359 e. The van der Waals surface area contributed by atoms with Crippen molar-refractivity contribution < 1.29 is 4.74 Å². The first kappa shape index (κ1) is 24.9. The van der Waals surface area contributed by atoms with Crippen molar-refractivity contribution >= 4 is 78.1 Å². The van der Waals surface area contributed by atoms with Crippen molar-refractivity contribution in [2.75, 3.05) is 11.9 Å². The molecule has 0 radical (unpaired) electrons. The first-order valence-electron chi connectivity index (χ1n) is 10.4. The third kappa shape index (κ3) is 6.10. The van der Waals surface area contributed by atoms with Crippen LogP contribution < -0.4 is 21.2 Å². The Bertz CT molecular complexity index is 1050. The second-order valence-corrected chi connectivity index (χ2v) is 21.9. The Morgan fingerprint density at radius 3 is 0.939 bits per heavy atom. The lowest BCUT2D eigenvalue weighted by molar-refractivity contribution is 0.242. The summed E-state index contributed by atoms with van der Waals surface area (Å²) in [4.78, 5) is 0. The molecule has 0 aliphatic carbocycles. The smallest absolute Gasteiger partial charge is 0.0986 e. The van der Waals surface area contributed by atoms with E-state index in [9.17, 15) is 0 Å². The van der Waals surface area contributed by atoms with Crippen LogP contribution in [0.5, 0.6) is 0 Å². The van der Waals surface area contributed by atoms with Crippen molar-refractivity contribution in [2.24, 2.45) is 0 Å². The number of benzene rings is 4. The highest BCUT2D eigenvalue weighted by atomic mass is 32.9. The lowest BCUT2D eigenvalue weighted by atomic mass is 10.4. The third-order valence-electron chi connectivity index (χ3n) is 5.02. The van der Waals surface area contributed by atoms with E-state index in [0.717, 1.165) is 0 Å². The summed E-state index contributed by atoms with van der Waals surface area (Å²) < 4.78 is 6.16. The standard InChI is InChI=1S/C26H24OP2S4/c30-28(23-13-5-1-6-14-23,24-15-7-2-8-16-24)32-21-27-22-33-29(31,25-17-9-3-10-18-25)26-19-11-4-12-20-26/h1-20H,21-22H2. The molecule has 1 nitrogen and oxygen atoms in total. The fourth-order valence-corrected chi connectivity index (χ4v) is 14.3. The molecule has 33 heavy (non-hydrogen) atoms. The van der Waals surface area contributed by atoms with Crippen LogP contribution in [-0.4, -0.2) is 11.9 Å². The Kier molecular flexibility index (Phi) is 9.07. The van der Waals surface area contributed by atoms with Gasteiger partial charge in [-0.3, -0.25) is 0 Å². The van der Waals surface area contributed by atoms with Crippen LogP contribution in [0.25, 0.3) is 0 Å². The Morgan fingerprint density at radius 2 is 0.697 bits per heavy atom. The molecule has 4 aromatic carbocycles. The molecule has 0 saturated heterocycles. The molecule has 0 aliphatic heterocycles. The van der Waals surface area contributed by atoms with Crippen LogP contribution in [0.2, 0.25) is 0 Å². The summed E-state index contributed by atoms with van der Waals surface area (Å²) in [6, 6.07) is 41.7. The van der Waals surface area contributed by atoms with Crippen molar-refractivity contribution in [3.63, 3.8) is 0 Å². The van der Waals surface area contributed by atoms with Gasteiger partial charge in [-0.05, 0) is 21.2 Å². The molecule has 0 bridgehead atoms. The van der Waals surface area contributed by atoms with E-state index in [1.165, 1.54) is 21.2 Å². The van der Waals surface area contributed by atoms with Crippen molar-refractivity contribution in [1.29, 1.82) is 0 Å². The van der Waals surface area contributed by atoms with Gasteiger partial charge in [0.15, 0.2) is 0 Å². The zero-order chi connectivity index (χ0) is 23.0. The molecule has 0 saturated carbocycles. The van der Waals surface area contributed by atoms with Crippen molar-refractivity contribution in [3.05, 3.63) is 121 Å². The lowest BCUT2D eigenvalue weighted by Gasteiger charge is -2.24. The number of rotatable bonds is 10. The number of hydrogen-bond donors (Lipinski definition) is 0. The van der Waals surface area contributed by atoms with E-state index in [4.69, 9.17) is 28.4 Å². The second kappa shape index (κ2) is 12.0. The molecule has 0 N–H and O–H groups in total.